The SMILES string of the molecule is COC(=O)c1cccc(OC2CCC(=O)CC2)c1. The summed E-state index contributed by atoms with van der Waals surface area (Å²) in [6, 6.07) is 6.92. The van der Waals surface area contributed by atoms with E-state index in [1.807, 2.05) is 6.07 Å². The molecule has 0 atom stereocenters. The molecule has 1 fully saturated rings. The van der Waals surface area contributed by atoms with Crippen LogP contribution in [0, 0.1) is 0 Å². The zero-order valence-corrected chi connectivity index (χ0v) is 10.3. The maximum Gasteiger partial charge on any atom is 0.337 e. The van der Waals surface area contributed by atoms with Gasteiger partial charge in [0.25, 0.3) is 0 Å². The number of benzene rings is 1. The van der Waals surface area contributed by atoms with Crippen molar-refractivity contribution in [2.45, 2.75) is 31.8 Å². The molecule has 1 saturated carbocycles. The van der Waals surface area contributed by atoms with Crippen LogP contribution in [-0.2, 0) is 9.53 Å². The van der Waals surface area contributed by atoms with Crippen molar-refractivity contribution in [3.63, 3.8) is 0 Å². The molecule has 2 rings (SSSR count). The number of carbonyl (C=O) groups excluding carboxylic acids is 2. The molecule has 0 N–H and O–H groups in total. The van der Waals surface area contributed by atoms with Crippen molar-refractivity contribution in [3.05, 3.63) is 29.8 Å². The summed E-state index contributed by atoms with van der Waals surface area (Å²) >= 11 is 0. The van der Waals surface area contributed by atoms with Crippen LogP contribution in [0.5, 0.6) is 5.75 Å². The third-order valence-corrected chi connectivity index (χ3v) is 3.05. The van der Waals surface area contributed by atoms with E-state index in [1.54, 1.807) is 18.2 Å². The third kappa shape index (κ3) is 3.09. The standard InChI is InChI=1S/C14H16O4/c1-17-14(16)10-3-2-4-13(9-10)18-12-7-5-11(15)6-8-12/h2-4,9,12H,5-8H2,1H3. The van der Waals surface area contributed by atoms with E-state index in [1.165, 1.54) is 7.11 Å². The minimum atomic E-state index is -0.376. The van der Waals surface area contributed by atoms with Gasteiger partial charge in [-0.2, -0.15) is 0 Å². The van der Waals surface area contributed by atoms with Crippen molar-refractivity contribution >= 4 is 11.8 Å². The fraction of sp³-hybridized carbons (Fsp3) is 0.429. The van der Waals surface area contributed by atoms with Gasteiger partial charge in [-0.1, -0.05) is 6.07 Å². The summed E-state index contributed by atoms with van der Waals surface area (Å²) in [5, 5.41) is 0. The molecule has 96 valence electrons. The minimum absolute atomic E-state index is 0.0654. The van der Waals surface area contributed by atoms with Crippen LogP contribution in [0.25, 0.3) is 0 Å². The van der Waals surface area contributed by atoms with Gasteiger partial charge in [0.15, 0.2) is 0 Å². The van der Waals surface area contributed by atoms with Gasteiger partial charge in [-0.05, 0) is 31.0 Å². The number of esters is 1. The number of ketones is 1. The summed E-state index contributed by atoms with van der Waals surface area (Å²) in [6.45, 7) is 0. The Kier molecular flexibility index (Phi) is 3.97. The van der Waals surface area contributed by atoms with Crippen molar-refractivity contribution in [2.24, 2.45) is 0 Å². The Bertz CT molecular complexity index is 443. The van der Waals surface area contributed by atoms with E-state index in [2.05, 4.69) is 4.74 Å². The lowest BCUT2D eigenvalue weighted by atomic mass is 9.96. The van der Waals surface area contributed by atoms with Crippen LogP contribution >= 0.6 is 0 Å². The average molecular weight is 248 g/mol. The first-order valence-electron chi connectivity index (χ1n) is 6.06. The molecule has 0 bridgehead atoms. The molecule has 0 amide bonds. The van der Waals surface area contributed by atoms with Crippen molar-refractivity contribution in [1.29, 1.82) is 0 Å². The summed E-state index contributed by atoms with van der Waals surface area (Å²) in [5.41, 5.74) is 0.474. The molecule has 0 aliphatic heterocycles. The van der Waals surface area contributed by atoms with Crippen molar-refractivity contribution in [3.8, 4) is 5.75 Å². The van der Waals surface area contributed by atoms with E-state index in [4.69, 9.17) is 4.74 Å². The van der Waals surface area contributed by atoms with Crippen LogP contribution in [0.15, 0.2) is 24.3 Å². The van der Waals surface area contributed by atoms with Crippen LogP contribution in [0.1, 0.15) is 36.0 Å². The third-order valence-electron chi connectivity index (χ3n) is 3.05. The number of Topliss-reactive ketones (excluding diaryl/α,β-unsaturated/α-hetero) is 1. The van der Waals surface area contributed by atoms with Crippen LogP contribution in [-0.4, -0.2) is 25.0 Å². The van der Waals surface area contributed by atoms with E-state index in [9.17, 15) is 9.59 Å². The first-order chi connectivity index (χ1) is 8.69. The van der Waals surface area contributed by atoms with Crippen molar-refractivity contribution in [2.75, 3.05) is 7.11 Å². The maximum atomic E-state index is 11.4. The van der Waals surface area contributed by atoms with Gasteiger partial charge in [-0.25, -0.2) is 4.79 Å². The molecule has 0 spiro atoms. The smallest absolute Gasteiger partial charge is 0.337 e. The van der Waals surface area contributed by atoms with Gasteiger partial charge in [-0.15, -0.1) is 0 Å². The molecule has 4 nitrogen and oxygen atoms in total. The highest BCUT2D eigenvalue weighted by molar-refractivity contribution is 5.89. The molecule has 0 unspecified atom stereocenters. The van der Waals surface area contributed by atoms with Crippen LogP contribution in [0.3, 0.4) is 0 Å². The fourth-order valence-electron chi connectivity index (χ4n) is 2.04. The predicted octanol–water partition coefficient (Wildman–Crippen LogP) is 2.36. The topological polar surface area (TPSA) is 52.6 Å². The molecular weight excluding hydrogens is 232 g/mol. The lowest BCUT2D eigenvalue weighted by molar-refractivity contribution is -0.121. The largest absolute Gasteiger partial charge is 0.490 e. The van der Waals surface area contributed by atoms with E-state index < -0.39 is 0 Å². The van der Waals surface area contributed by atoms with Crippen molar-refractivity contribution < 1.29 is 19.1 Å². The van der Waals surface area contributed by atoms with E-state index >= 15 is 0 Å². The van der Waals surface area contributed by atoms with Gasteiger partial charge in [0.05, 0.1) is 18.8 Å². The Labute approximate surface area is 106 Å². The summed E-state index contributed by atoms with van der Waals surface area (Å²) in [7, 11) is 1.35. The van der Waals surface area contributed by atoms with E-state index in [0.717, 1.165) is 12.8 Å². The zero-order valence-electron chi connectivity index (χ0n) is 10.3. The Morgan fingerprint density at radius 3 is 2.67 bits per heavy atom. The highest BCUT2D eigenvalue weighted by Gasteiger charge is 2.20. The number of methoxy groups -OCH3 is 1. The molecule has 18 heavy (non-hydrogen) atoms. The molecule has 1 aromatic carbocycles. The number of ether oxygens (including phenoxy) is 2. The van der Waals surface area contributed by atoms with Crippen LogP contribution in [0.4, 0.5) is 0 Å². The molecule has 4 heteroatoms. The number of rotatable bonds is 3. The van der Waals surface area contributed by atoms with Gasteiger partial charge in [-0.3, -0.25) is 4.79 Å². The lowest BCUT2D eigenvalue weighted by Crippen LogP contribution is -2.24. The van der Waals surface area contributed by atoms with E-state index in [-0.39, 0.29) is 12.1 Å². The van der Waals surface area contributed by atoms with Crippen molar-refractivity contribution in [1.82, 2.24) is 0 Å². The molecule has 0 aromatic heterocycles. The Morgan fingerprint density at radius 1 is 1.28 bits per heavy atom. The molecular formula is C14H16O4. The molecule has 1 aliphatic rings. The normalized spacial score (nSPS) is 16.4. The Morgan fingerprint density at radius 2 is 2.00 bits per heavy atom. The second-order valence-corrected chi connectivity index (χ2v) is 4.38. The summed E-state index contributed by atoms with van der Waals surface area (Å²) in [5.74, 6) is 0.578. The second-order valence-electron chi connectivity index (χ2n) is 4.38. The lowest BCUT2D eigenvalue weighted by Gasteiger charge is -2.22. The predicted molar refractivity (Wildman–Crippen MR) is 65.7 cm³/mol. The van der Waals surface area contributed by atoms with Crippen LogP contribution in [0.2, 0.25) is 0 Å². The Balaban J connectivity index is 2.01. The molecule has 1 aliphatic carbocycles. The maximum absolute atomic E-state index is 11.4. The average Bonchev–Trinajstić information content (AvgIpc) is 2.41. The highest BCUT2D eigenvalue weighted by Crippen LogP contribution is 2.22. The molecule has 0 radical (unpaired) electrons. The summed E-state index contributed by atoms with van der Waals surface area (Å²) in [6.07, 6.45) is 2.74. The Hall–Kier alpha value is -1.84. The van der Waals surface area contributed by atoms with Gasteiger partial charge < -0.3 is 9.47 Å². The van der Waals surface area contributed by atoms with Gasteiger partial charge >= 0.3 is 5.97 Å². The van der Waals surface area contributed by atoms with Crippen LogP contribution < -0.4 is 4.74 Å². The van der Waals surface area contributed by atoms with Gasteiger partial charge in [0.2, 0.25) is 0 Å². The first kappa shape index (κ1) is 12.6. The zero-order chi connectivity index (χ0) is 13.0. The minimum Gasteiger partial charge on any atom is -0.490 e. The fourth-order valence-corrected chi connectivity index (χ4v) is 2.04. The van der Waals surface area contributed by atoms with E-state index in [0.29, 0.717) is 29.9 Å². The van der Waals surface area contributed by atoms with Gasteiger partial charge in [0.1, 0.15) is 11.5 Å². The highest BCUT2D eigenvalue weighted by atomic mass is 16.5. The first-order valence-corrected chi connectivity index (χ1v) is 6.06. The number of carbonyl (C=O) groups is 2. The summed E-state index contributed by atoms with van der Waals surface area (Å²) < 4.78 is 10.4. The number of hydrogen-bond donors (Lipinski definition) is 0. The molecule has 0 saturated heterocycles. The monoisotopic (exact) mass is 248 g/mol. The number of hydrogen-bond acceptors (Lipinski definition) is 4. The van der Waals surface area contributed by atoms with Gasteiger partial charge in [0, 0.05) is 12.8 Å². The summed E-state index contributed by atoms with van der Waals surface area (Å²) in [4.78, 5) is 22.5. The molecule has 0 heterocycles. The molecule has 1 aromatic rings. The second kappa shape index (κ2) is 5.67. The quantitative estimate of drug-likeness (QED) is 0.770.